The fourth-order valence-corrected chi connectivity index (χ4v) is 2.50. The first-order chi connectivity index (χ1) is 9.27. The lowest BCUT2D eigenvalue weighted by Crippen LogP contribution is -2.18. The van der Waals surface area contributed by atoms with Crippen LogP contribution in [-0.4, -0.2) is 0 Å². The summed E-state index contributed by atoms with van der Waals surface area (Å²) >= 11 is 12.0. The third-order valence-electron chi connectivity index (χ3n) is 3.05. The number of anilines is 2. The number of fused-ring (bicyclic) bond motifs is 1. The fraction of sp³-hybridized carbons (Fsp3) is 0. The molecule has 0 atom stereocenters. The lowest BCUT2D eigenvalue weighted by Gasteiger charge is -2.30. The Morgan fingerprint density at radius 2 is 1.47 bits per heavy atom. The molecule has 2 aromatic carbocycles. The zero-order valence-corrected chi connectivity index (χ0v) is 11.6. The number of benzene rings is 2. The van der Waals surface area contributed by atoms with Crippen molar-refractivity contribution < 1.29 is 0 Å². The Labute approximate surface area is 122 Å². The zero-order chi connectivity index (χ0) is 13.2. The predicted octanol–water partition coefficient (Wildman–Crippen LogP) is 5.50. The molecule has 3 heteroatoms. The molecule has 1 aliphatic rings. The highest BCUT2D eigenvalue weighted by molar-refractivity contribution is 6.56. The molecule has 0 unspecified atom stereocenters. The van der Waals surface area contributed by atoms with Crippen molar-refractivity contribution in [3.63, 3.8) is 0 Å². The van der Waals surface area contributed by atoms with Gasteiger partial charge >= 0.3 is 0 Å². The quantitative estimate of drug-likeness (QED) is 0.670. The molecule has 0 aromatic heterocycles. The van der Waals surface area contributed by atoms with Gasteiger partial charge in [0.15, 0.2) is 0 Å². The summed E-state index contributed by atoms with van der Waals surface area (Å²) in [6.45, 7) is 0. The molecule has 0 N–H and O–H groups in total. The van der Waals surface area contributed by atoms with Crippen molar-refractivity contribution in [1.82, 2.24) is 0 Å². The number of nitrogens with zero attached hydrogens (tertiary/aromatic N) is 1. The van der Waals surface area contributed by atoms with Crippen molar-refractivity contribution in [3.05, 3.63) is 76.4 Å². The van der Waals surface area contributed by atoms with Crippen molar-refractivity contribution >= 4 is 40.7 Å². The highest BCUT2D eigenvalue weighted by Gasteiger charge is 2.20. The summed E-state index contributed by atoms with van der Waals surface area (Å²) in [5.74, 6) is 0. The molecule has 0 bridgehead atoms. The first-order valence-corrected chi connectivity index (χ1v) is 6.70. The van der Waals surface area contributed by atoms with Gasteiger partial charge in [0.2, 0.25) is 0 Å². The highest BCUT2D eigenvalue weighted by atomic mass is 35.5. The van der Waals surface area contributed by atoms with Gasteiger partial charge in [0.1, 0.15) is 4.49 Å². The monoisotopic (exact) mass is 287 g/mol. The van der Waals surface area contributed by atoms with Crippen LogP contribution < -0.4 is 4.90 Å². The summed E-state index contributed by atoms with van der Waals surface area (Å²) in [7, 11) is 0. The van der Waals surface area contributed by atoms with E-state index >= 15 is 0 Å². The van der Waals surface area contributed by atoms with Gasteiger partial charge in [-0.25, -0.2) is 0 Å². The Balaban J connectivity index is 2.23. The van der Waals surface area contributed by atoms with Crippen LogP contribution in [0, 0.1) is 0 Å². The lowest BCUT2D eigenvalue weighted by molar-refractivity contribution is 1.19. The minimum absolute atomic E-state index is 0.259. The van der Waals surface area contributed by atoms with E-state index in [0.717, 1.165) is 22.6 Å². The molecule has 0 aliphatic carbocycles. The van der Waals surface area contributed by atoms with Gasteiger partial charge in [-0.1, -0.05) is 65.7 Å². The third kappa shape index (κ3) is 2.27. The summed E-state index contributed by atoms with van der Waals surface area (Å²) < 4.78 is 0.259. The maximum absolute atomic E-state index is 6.02. The van der Waals surface area contributed by atoms with Gasteiger partial charge in [-0.2, -0.15) is 0 Å². The van der Waals surface area contributed by atoms with E-state index < -0.39 is 0 Å². The largest absolute Gasteiger partial charge is 0.307 e. The highest BCUT2D eigenvalue weighted by Crippen LogP contribution is 2.39. The van der Waals surface area contributed by atoms with Crippen LogP contribution in [0.2, 0.25) is 0 Å². The molecule has 1 nitrogen and oxygen atoms in total. The van der Waals surface area contributed by atoms with Crippen molar-refractivity contribution in [3.8, 4) is 0 Å². The van der Waals surface area contributed by atoms with E-state index in [-0.39, 0.29) is 4.49 Å². The first-order valence-electron chi connectivity index (χ1n) is 5.95. The molecule has 1 aliphatic heterocycles. The van der Waals surface area contributed by atoms with Crippen LogP contribution in [0.15, 0.2) is 70.9 Å². The zero-order valence-electron chi connectivity index (χ0n) is 10.1. The third-order valence-corrected chi connectivity index (χ3v) is 3.43. The molecular weight excluding hydrogens is 277 g/mol. The molecule has 0 amide bonds. The second-order valence-corrected chi connectivity index (χ2v) is 5.16. The van der Waals surface area contributed by atoms with E-state index in [1.165, 1.54) is 0 Å². The Morgan fingerprint density at radius 1 is 0.789 bits per heavy atom. The maximum Gasteiger partial charge on any atom is 0.130 e. The Hall–Kier alpha value is -1.70. The van der Waals surface area contributed by atoms with E-state index in [4.69, 9.17) is 23.2 Å². The molecule has 0 spiro atoms. The van der Waals surface area contributed by atoms with Crippen LogP contribution in [0.3, 0.4) is 0 Å². The molecule has 0 saturated carbocycles. The molecule has 0 fully saturated rings. The van der Waals surface area contributed by atoms with Gasteiger partial charge in [0, 0.05) is 5.69 Å². The average molecular weight is 288 g/mol. The van der Waals surface area contributed by atoms with E-state index in [1.807, 2.05) is 54.6 Å². The first kappa shape index (κ1) is 12.3. The maximum atomic E-state index is 6.02. The molecule has 2 aromatic rings. The van der Waals surface area contributed by atoms with Gasteiger partial charge in [-0.05, 0) is 29.8 Å². The Kier molecular flexibility index (Phi) is 3.33. The molecule has 19 heavy (non-hydrogen) atoms. The van der Waals surface area contributed by atoms with Gasteiger partial charge in [-0.3, -0.25) is 0 Å². The summed E-state index contributed by atoms with van der Waals surface area (Å²) in [6, 6.07) is 18.2. The van der Waals surface area contributed by atoms with E-state index in [0.29, 0.717) is 0 Å². The molecule has 1 heterocycles. The molecule has 0 radical (unpaired) electrons. The topological polar surface area (TPSA) is 3.24 Å². The number of halogens is 2. The van der Waals surface area contributed by atoms with E-state index in [9.17, 15) is 0 Å². The number of allylic oxidation sites excluding steroid dienone is 1. The summed E-state index contributed by atoms with van der Waals surface area (Å²) in [5.41, 5.74) is 4.04. The number of para-hydroxylation sites is 2. The molecule has 0 saturated heterocycles. The minimum Gasteiger partial charge on any atom is -0.307 e. The average Bonchev–Trinajstić information content (AvgIpc) is 2.46. The lowest BCUT2D eigenvalue weighted by atomic mass is 10.1. The summed E-state index contributed by atoms with van der Waals surface area (Å²) in [5, 5.41) is 0. The van der Waals surface area contributed by atoms with Crippen LogP contribution in [-0.2, 0) is 0 Å². The second kappa shape index (κ2) is 5.12. The van der Waals surface area contributed by atoms with Gasteiger partial charge in [0.25, 0.3) is 0 Å². The van der Waals surface area contributed by atoms with E-state index in [1.54, 1.807) is 0 Å². The molecule has 94 valence electrons. The van der Waals surface area contributed by atoms with E-state index in [2.05, 4.69) is 17.0 Å². The van der Waals surface area contributed by atoms with Gasteiger partial charge in [-0.15, -0.1) is 0 Å². The predicted molar refractivity (Wildman–Crippen MR) is 82.8 cm³/mol. The fourth-order valence-electron chi connectivity index (χ4n) is 2.21. The normalized spacial score (nSPS) is 13.4. The van der Waals surface area contributed by atoms with Gasteiger partial charge < -0.3 is 4.90 Å². The van der Waals surface area contributed by atoms with Gasteiger partial charge in [0.05, 0.1) is 11.4 Å². The van der Waals surface area contributed by atoms with Crippen molar-refractivity contribution in [2.75, 3.05) is 4.90 Å². The van der Waals surface area contributed by atoms with Crippen LogP contribution in [0.1, 0.15) is 5.56 Å². The minimum atomic E-state index is 0.259. The summed E-state index contributed by atoms with van der Waals surface area (Å²) in [4.78, 5) is 2.06. The number of hydrogen-bond acceptors (Lipinski definition) is 1. The van der Waals surface area contributed by atoms with Crippen LogP contribution >= 0.6 is 23.2 Å². The Bertz CT molecular complexity index is 655. The standard InChI is InChI=1S/C16H11Cl2N/c17-16(18)15-11-10-12-6-4-5-9-14(12)19(15)13-7-2-1-3-8-13/h1-11H. The Morgan fingerprint density at radius 3 is 2.21 bits per heavy atom. The summed E-state index contributed by atoms with van der Waals surface area (Å²) in [6.07, 6.45) is 3.96. The molecular formula is C16H11Cl2N. The van der Waals surface area contributed by atoms with Crippen molar-refractivity contribution in [2.24, 2.45) is 0 Å². The molecule has 3 rings (SSSR count). The number of rotatable bonds is 1. The number of hydrogen-bond donors (Lipinski definition) is 0. The smallest absolute Gasteiger partial charge is 0.130 e. The SMILES string of the molecule is ClC(Cl)=C1C=Cc2ccccc2N1c1ccccc1. The van der Waals surface area contributed by atoms with Crippen LogP contribution in [0.25, 0.3) is 6.08 Å². The van der Waals surface area contributed by atoms with Crippen molar-refractivity contribution in [2.45, 2.75) is 0 Å². The van der Waals surface area contributed by atoms with Crippen LogP contribution in [0.4, 0.5) is 11.4 Å². The van der Waals surface area contributed by atoms with Crippen molar-refractivity contribution in [1.29, 1.82) is 0 Å². The van der Waals surface area contributed by atoms with Crippen LogP contribution in [0.5, 0.6) is 0 Å². The second-order valence-electron chi connectivity index (χ2n) is 4.21.